The number of unbranched alkanes of at least 4 members (excludes halogenated alkanes) is 5. The molecule has 2 nitrogen and oxygen atoms in total. The topological polar surface area (TPSA) is 26.3 Å². The standard InChI is InChI=1S/C17H32O2/c1-5-8-10-12-14-17(4,13-11-9-6-2)15-19-16(18)7-3/h7H,3,5-6,8-15H2,1-2,4H3. The third kappa shape index (κ3) is 9.75. The van der Waals surface area contributed by atoms with Crippen molar-refractivity contribution in [3.05, 3.63) is 12.7 Å². The Bertz CT molecular complexity index is 248. The van der Waals surface area contributed by atoms with Crippen LogP contribution < -0.4 is 0 Å². The Labute approximate surface area is 119 Å². The highest BCUT2D eigenvalue weighted by molar-refractivity contribution is 5.81. The van der Waals surface area contributed by atoms with E-state index in [1.807, 2.05) is 0 Å². The lowest BCUT2D eigenvalue weighted by Crippen LogP contribution is -2.25. The lowest BCUT2D eigenvalue weighted by Gasteiger charge is -2.29. The predicted octanol–water partition coefficient (Wildman–Crippen LogP) is 5.27. The summed E-state index contributed by atoms with van der Waals surface area (Å²) < 4.78 is 5.29. The first-order valence-corrected chi connectivity index (χ1v) is 7.87. The van der Waals surface area contributed by atoms with Crippen molar-refractivity contribution in [1.82, 2.24) is 0 Å². The fourth-order valence-corrected chi connectivity index (χ4v) is 2.35. The first-order valence-electron chi connectivity index (χ1n) is 7.87. The molecule has 0 bridgehead atoms. The maximum Gasteiger partial charge on any atom is 0.330 e. The molecular formula is C17H32O2. The Hall–Kier alpha value is -0.790. The van der Waals surface area contributed by atoms with Crippen LogP contribution in [0.1, 0.15) is 78.6 Å². The van der Waals surface area contributed by atoms with Gasteiger partial charge in [0.15, 0.2) is 0 Å². The fraction of sp³-hybridized carbons (Fsp3) is 0.824. The minimum absolute atomic E-state index is 0.140. The zero-order valence-corrected chi connectivity index (χ0v) is 13.2. The summed E-state index contributed by atoms with van der Waals surface area (Å²) in [5.41, 5.74) is 0.140. The first kappa shape index (κ1) is 18.2. The van der Waals surface area contributed by atoms with Crippen LogP contribution >= 0.6 is 0 Å². The van der Waals surface area contributed by atoms with Crippen molar-refractivity contribution >= 4 is 5.97 Å². The summed E-state index contributed by atoms with van der Waals surface area (Å²) >= 11 is 0. The SMILES string of the molecule is C=CC(=O)OCC(C)(CCCCC)CCCCCC. The van der Waals surface area contributed by atoms with E-state index >= 15 is 0 Å². The molecule has 0 heterocycles. The second-order valence-electron chi connectivity index (χ2n) is 5.89. The van der Waals surface area contributed by atoms with Gasteiger partial charge in [-0.3, -0.25) is 0 Å². The minimum atomic E-state index is -0.296. The lowest BCUT2D eigenvalue weighted by atomic mass is 9.80. The summed E-state index contributed by atoms with van der Waals surface area (Å²) in [6.45, 7) is 10.7. The van der Waals surface area contributed by atoms with Gasteiger partial charge in [0.05, 0.1) is 6.61 Å². The molecule has 0 radical (unpaired) electrons. The molecule has 0 saturated carbocycles. The highest BCUT2D eigenvalue weighted by atomic mass is 16.5. The smallest absolute Gasteiger partial charge is 0.330 e. The van der Waals surface area contributed by atoms with Crippen LogP contribution in [0.4, 0.5) is 0 Å². The highest BCUT2D eigenvalue weighted by Crippen LogP contribution is 2.31. The molecule has 0 aliphatic carbocycles. The Morgan fingerprint density at radius 2 is 1.58 bits per heavy atom. The zero-order chi connectivity index (χ0) is 14.6. The lowest BCUT2D eigenvalue weighted by molar-refractivity contribution is -0.141. The van der Waals surface area contributed by atoms with Crippen LogP contribution in [0.3, 0.4) is 0 Å². The average Bonchev–Trinajstić information content (AvgIpc) is 2.41. The summed E-state index contributed by atoms with van der Waals surface area (Å²) in [7, 11) is 0. The molecule has 0 aromatic heterocycles. The van der Waals surface area contributed by atoms with Gasteiger partial charge >= 0.3 is 5.97 Å². The van der Waals surface area contributed by atoms with E-state index in [-0.39, 0.29) is 11.4 Å². The van der Waals surface area contributed by atoms with Crippen LogP contribution in [0, 0.1) is 5.41 Å². The molecule has 112 valence electrons. The first-order chi connectivity index (χ1) is 9.08. The number of ether oxygens (including phenoxy) is 1. The number of hydrogen-bond donors (Lipinski definition) is 0. The van der Waals surface area contributed by atoms with E-state index in [1.54, 1.807) is 0 Å². The maximum absolute atomic E-state index is 11.2. The molecule has 2 heteroatoms. The number of hydrogen-bond acceptors (Lipinski definition) is 2. The average molecular weight is 268 g/mol. The quantitative estimate of drug-likeness (QED) is 0.274. The summed E-state index contributed by atoms with van der Waals surface area (Å²) in [6.07, 6.45) is 12.4. The van der Waals surface area contributed by atoms with Crippen molar-refractivity contribution in [2.45, 2.75) is 78.6 Å². The molecule has 0 aromatic carbocycles. The molecule has 1 atom stereocenters. The Balaban J connectivity index is 4.17. The summed E-state index contributed by atoms with van der Waals surface area (Å²) in [4.78, 5) is 11.2. The van der Waals surface area contributed by atoms with Gasteiger partial charge in [-0.15, -0.1) is 0 Å². The number of carbonyl (C=O) groups is 1. The monoisotopic (exact) mass is 268 g/mol. The molecule has 0 saturated heterocycles. The van der Waals surface area contributed by atoms with E-state index in [4.69, 9.17) is 4.74 Å². The van der Waals surface area contributed by atoms with Gasteiger partial charge in [-0.2, -0.15) is 0 Å². The maximum atomic E-state index is 11.2. The number of esters is 1. The summed E-state index contributed by atoms with van der Waals surface area (Å²) in [6, 6.07) is 0. The molecule has 0 rings (SSSR count). The van der Waals surface area contributed by atoms with Crippen LogP contribution in [0.5, 0.6) is 0 Å². The zero-order valence-electron chi connectivity index (χ0n) is 13.2. The normalized spacial score (nSPS) is 13.8. The van der Waals surface area contributed by atoms with Gasteiger partial charge in [0.2, 0.25) is 0 Å². The van der Waals surface area contributed by atoms with Crippen molar-refractivity contribution in [3.8, 4) is 0 Å². The number of rotatable bonds is 12. The fourth-order valence-electron chi connectivity index (χ4n) is 2.35. The van der Waals surface area contributed by atoms with Crippen molar-refractivity contribution in [1.29, 1.82) is 0 Å². The van der Waals surface area contributed by atoms with Gasteiger partial charge in [-0.25, -0.2) is 4.79 Å². The van der Waals surface area contributed by atoms with Crippen LogP contribution in [0.25, 0.3) is 0 Å². The van der Waals surface area contributed by atoms with Crippen molar-refractivity contribution in [3.63, 3.8) is 0 Å². The molecule has 0 aliphatic rings. The van der Waals surface area contributed by atoms with Crippen LogP contribution in [0.15, 0.2) is 12.7 Å². The molecule has 0 aromatic rings. The van der Waals surface area contributed by atoms with Gasteiger partial charge in [-0.1, -0.05) is 72.3 Å². The third-order valence-corrected chi connectivity index (χ3v) is 3.75. The van der Waals surface area contributed by atoms with Crippen LogP contribution in [-0.4, -0.2) is 12.6 Å². The van der Waals surface area contributed by atoms with Crippen LogP contribution in [-0.2, 0) is 9.53 Å². The molecule has 0 N–H and O–H groups in total. The predicted molar refractivity (Wildman–Crippen MR) is 82.2 cm³/mol. The van der Waals surface area contributed by atoms with Gasteiger partial charge in [0, 0.05) is 11.5 Å². The van der Waals surface area contributed by atoms with E-state index in [2.05, 4.69) is 27.4 Å². The van der Waals surface area contributed by atoms with Gasteiger partial charge < -0.3 is 4.74 Å². The van der Waals surface area contributed by atoms with E-state index < -0.39 is 0 Å². The van der Waals surface area contributed by atoms with Gasteiger partial charge in [0.25, 0.3) is 0 Å². The molecule has 19 heavy (non-hydrogen) atoms. The van der Waals surface area contributed by atoms with Gasteiger partial charge in [0.1, 0.15) is 0 Å². The third-order valence-electron chi connectivity index (χ3n) is 3.75. The molecule has 0 amide bonds. The van der Waals surface area contributed by atoms with Gasteiger partial charge in [-0.05, 0) is 12.8 Å². The second-order valence-corrected chi connectivity index (χ2v) is 5.89. The Kier molecular flexibility index (Phi) is 10.6. The minimum Gasteiger partial charge on any atom is -0.462 e. The highest BCUT2D eigenvalue weighted by Gasteiger charge is 2.25. The van der Waals surface area contributed by atoms with Crippen molar-refractivity contribution in [2.75, 3.05) is 6.61 Å². The molecule has 0 fully saturated rings. The molecule has 0 aliphatic heterocycles. The largest absolute Gasteiger partial charge is 0.462 e. The van der Waals surface area contributed by atoms with E-state index in [9.17, 15) is 4.79 Å². The second kappa shape index (κ2) is 11.1. The van der Waals surface area contributed by atoms with Crippen molar-refractivity contribution in [2.24, 2.45) is 5.41 Å². The van der Waals surface area contributed by atoms with Crippen LogP contribution in [0.2, 0.25) is 0 Å². The number of carbonyl (C=O) groups excluding carboxylic acids is 1. The van der Waals surface area contributed by atoms with E-state index in [0.29, 0.717) is 6.61 Å². The molecular weight excluding hydrogens is 236 g/mol. The summed E-state index contributed by atoms with van der Waals surface area (Å²) in [5.74, 6) is -0.296. The van der Waals surface area contributed by atoms with Crippen molar-refractivity contribution < 1.29 is 9.53 Å². The Morgan fingerprint density at radius 1 is 1.05 bits per heavy atom. The summed E-state index contributed by atoms with van der Waals surface area (Å²) in [5, 5.41) is 0. The molecule has 0 spiro atoms. The van der Waals surface area contributed by atoms with E-state index in [1.165, 1.54) is 51.0 Å². The van der Waals surface area contributed by atoms with E-state index in [0.717, 1.165) is 12.8 Å². The Morgan fingerprint density at radius 3 is 2.11 bits per heavy atom. The molecule has 1 unspecified atom stereocenters.